The van der Waals surface area contributed by atoms with Crippen LogP contribution >= 0.6 is 0 Å². The maximum Gasteiger partial charge on any atom is 0.160 e. The average molecular weight is 292 g/mol. The van der Waals surface area contributed by atoms with E-state index in [0.29, 0.717) is 5.92 Å². The first kappa shape index (κ1) is 13.3. The first-order chi connectivity index (χ1) is 10.9. The largest absolute Gasteiger partial charge is 0.337 e. The van der Waals surface area contributed by atoms with E-state index in [1.165, 1.54) is 37.7 Å². The third-order valence-electron chi connectivity index (χ3n) is 4.51. The van der Waals surface area contributed by atoms with Crippen molar-refractivity contribution in [1.82, 2.24) is 14.4 Å². The van der Waals surface area contributed by atoms with Crippen LogP contribution in [0.1, 0.15) is 43.6 Å². The van der Waals surface area contributed by atoms with Crippen LogP contribution < -0.4 is 5.32 Å². The van der Waals surface area contributed by atoms with E-state index in [1.54, 1.807) is 6.20 Å². The number of hydrogen-bond donors (Lipinski definition) is 1. The van der Waals surface area contributed by atoms with Crippen LogP contribution in [-0.4, -0.2) is 14.4 Å². The van der Waals surface area contributed by atoms with Gasteiger partial charge in [0.25, 0.3) is 0 Å². The van der Waals surface area contributed by atoms with E-state index in [2.05, 4.69) is 31.9 Å². The lowest BCUT2D eigenvalue weighted by molar-refractivity contribution is 0.443. The predicted molar refractivity (Wildman–Crippen MR) is 88.5 cm³/mol. The Bertz CT molecular complexity index is 757. The molecule has 1 saturated carbocycles. The summed E-state index contributed by atoms with van der Waals surface area (Å²) in [4.78, 5) is 8.83. The minimum Gasteiger partial charge on any atom is -0.337 e. The van der Waals surface area contributed by atoms with Crippen molar-refractivity contribution in [2.24, 2.45) is 0 Å². The zero-order chi connectivity index (χ0) is 14.8. The lowest BCUT2D eigenvalue weighted by atomic mass is 9.84. The summed E-state index contributed by atoms with van der Waals surface area (Å²) < 4.78 is 2.12. The number of fused-ring (bicyclic) bond motifs is 1. The lowest BCUT2D eigenvalue weighted by Crippen LogP contribution is -2.07. The Morgan fingerprint density at radius 3 is 2.77 bits per heavy atom. The molecule has 0 saturated heterocycles. The smallest absolute Gasteiger partial charge is 0.160 e. The van der Waals surface area contributed by atoms with Gasteiger partial charge in [-0.3, -0.25) is 0 Å². The van der Waals surface area contributed by atoms with Crippen LogP contribution in [0.3, 0.4) is 0 Å². The highest BCUT2D eigenvalue weighted by Gasteiger charge is 2.17. The first-order valence-electron chi connectivity index (χ1n) is 8.05. The van der Waals surface area contributed by atoms with Crippen molar-refractivity contribution >= 4 is 17.2 Å². The molecule has 22 heavy (non-hydrogen) atoms. The fourth-order valence-electron chi connectivity index (χ4n) is 3.38. The second kappa shape index (κ2) is 5.79. The topological polar surface area (TPSA) is 42.2 Å². The zero-order valence-corrected chi connectivity index (χ0v) is 12.6. The van der Waals surface area contributed by atoms with Crippen molar-refractivity contribution in [3.05, 3.63) is 54.6 Å². The fraction of sp³-hybridized carbons (Fsp3) is 0.333. The summed E-state index contributed by atoms with van der Waals surface area (Å²) in [5, 5.41) is 3.42. The number of rotatable bonds is 3. The maximum absolute atomic E-state index is 4.47. The van der Waals surface area contributed by atoms with E-state index < -0.39 is 0 Å². The normalized spacial score (nSPS) is 16.0. The minimum absolute atomic E-state index is 0.671. The minimum atomic E-state index is 0.671. The summed E-state index contributed by atoms with van der Waals surface area (Å²) in [6.45, 7) is 0. The Kier molecular flexibility index (Phi) is 3.51. The summed E-state index contributed by atoms with van der Waals surface area (Å²) >= 11 is 0. The van der Waals surface area contributed by atoms with Gasteiger partial charge in [-0.05, 0) is 42.5 Å². The molecule has 4 heteroatoms. The summed E-state index contributed by atoms with van der Waals surface area (Å²) in [5.41, 5.74) is 3.39. The summed E-state index contributed by atoms with van der Waals surface area (Å²) in [6, 6.07) is 8.15. The molecule has 1 aliphatic carbocycles. The van der Waals surface area contributed by atoms with E-state index in [9.17, 15) is 0 Å². The quantitative estimate of drug-likeness (QED) is 0.771. The van der Waals surface area contributed by atoms with E-state index >= 15 is 0 Å². The van der Waals surface area contributed by atoms with Gasteiger partial charge in [-0.2, -0.15) is 0 Å². The molecule has 3 aromatic heterocycles. The molecule has 4 nitrogen and oxygen atoms in total. The molecule has 1 N–H and O–H groups in total. The van der Waals surface area contributed by atoms with Crippen LogP contribution in [0.4, 0.5) is 11.5 Å². The Morgan fingerprint density at radius 2 is 1.95 bits per heavy atom. The van der Waals surface area contributed by atoms with Gasteiger partial charge in [-0.1, -0.05) is 25.3 Å². The van der Waals surface area contributed by atoms with E-state index in [1.807, 2.05) is 30.6 Å². The molecule has 0 radical (unpaired) electrons. The van der Waals surface area contributed by atoms with Crippen LogP contribution in [0.15, 0.2) is 49.1 Å². The number of anilines is 2. The Hall–Kier alpha value is -2.36. The SMILES string of the molecule is c1ccc(Nc2cc(C3CCCCC3)cn3ccnc23)nc1. The Labute approximate surface area is 130 Å². The molecule has 3 heterocycles. The van der Waals surface area contributed by atoms with Gasteiger partial charge in [0.05, 0.1) is 5.69 Å². The lowest BCUT2D eigenvalue weighted by Gasteiger charge is -2.23. The van der Waals surface area contributed by atoms with Crippen molar-refractivity contribution in [1.29, 1.82) is 0 Å². The molecule has 112 valence electrons. The number of nitrogens with zero attached hydrogens (tertiary/aromatic N) is 3. The van der Waals surface area contributed by atoms with Crippen LogP contribution in [0.2, 0.25) is 0 Å². The highest BCUT2D eigenvalue weighted by molar-refractivity contribution is 5.73. The highest BCUT2D eigenvalue weighted by Crippen LogP contribution is 2.34. The molecule has 4 rings (SSSR count). The van der Waals surface area contributed by atoms with E-state index in [0.717, 1.165) is 17.2 Å². The molecular formula is C18H20N4. The van der Waals surface area contributed by atoms with Crippen LogP contribution in [-0.2, 0) is 0 Å². The van der Waals surface area contributed by atoms with Gasteiger partial charge in [0.2, 0.25) is 0 Å². The maximum atomic E-state index is 4.47. The van der Waals surface area contributed by atoms with Gasteiger partial charge in [0.15, 0.2) is 5.65 Å². The number of hydrogen-bond acceptors (Lipinski definition) is 3. The summed E-state index contributed by atoms with van der Waals surface area (Å²) in [5.74, 6) is 1.53. The molecule has 0 aliphatic heterocycles. The number of imidazole rings is 1. The van der Waals surface area contributed by atoms with Crippen molar-refractivity contribution in [2.75, 3.05) is 5.32 Å². The van der Waals surface area contributed by atoms with Crippen molar-refractivity contribution < 1.29 is 0 Å². The van der Waals surface area contributed by atoms with Crippen LogP contribution in [0, 0.1) is 0 Å². The molecular weight excluding hydrogens is 272 g/mol. The first-order valence-corrected chi connectivity index (χ1v) is 8.05. The van der Waals surface area contributed by atoms with Gasteiger partial charge in [-0.15, -0.1) is 0 Å². The average Bonchev–Trinajstić information content (AvgIpc) is 3.05. The van der Waals surface area contributed by atoms with Crippen LogP contribution in [0.5, 0.6) is 0 Å². The molecule has 3 aromatic rings. The summed E-state index contributed by atoms with van der Waals surface area (Å²) in [7, 11) is 0. The molecule has 0 spiro atoms. The summed E-state index contributed by atoms with van der Waals surface area (Å²) in [6.07, 6.45) is 14.6. The van der Waals surface area contributed by atoms with E-state index in [-0.39, 0.29) is 0 Å². The molecule has 0 atom stereocenters. The number of aromatic nitrogens is 3. The fourth-order valence-corrected chi connectivity index (χ4v) is 3.38. The molecule has 0 amide bonds. The second-order valence-corrected chi connectivity index (χ2v) is 6.02. The van der Waals surface area contributed by atoms with Gasteiger partial charge in [-0.25, -0.2) is 9.97 Å². The van der Waals surface area contributed by atoms with Gasteiger partial charge < -0.3 is 9.72 Å². The standard InChI is InChI=1S/C18H20N4/c1-2-6-14(7-3-1)15-12-16(18-20-10-11-22(18)13-15)21-17-8-4-5-9-19-17/h4-5,8-14H,1-3,6-7H2,(H,19,21). The predicted octanol–water partition coefficient (Wildman–Crippen LogP) is 4.52. The Balaban J connectivity index is 1.73. The molecule has 1 fully saturated rings. The highest BCUT2D eigenvalue weighted by atomic mass is 15.1. The Morgan fingerprint density at radius 1 is 1.05 bits per heavy atom. The van der Waals surface area contributed by atoms with Gasteiger partial charge in [0.1, 0.15) is 5.82 Å². The van der Waals surface area contributed by atoms with Gasteiger partial charge in [0, 0.05) is 24.8 Å². The molecule has 0 bridgehead atoms. The number of pyridine rings is 2. The zero-order valence-electron chi connectivity index (χ0n) is 12.6. The van der Waals surface area contributed by atoms with Crippen molar-refractivity contribution in [3.63, 3.8) is 0 Å². The third-order valence-corrected chi connectivity index (χ3v) is 4.51. The number of nitrogens with one attached hydrogen (secondary N) is 1. The molecule has 0 unspecified atom stereocenters. The van der Waals surface area contributed by atoms with Crippen molar-refractivity contribution in [3.8, 4) is 0 Å². The second-order valence-electron chi connectivity index (χ2n) is 6.02. The van der Waals surface area contributed by atoms with E-state index in [4.69, 9.17) is 0 Å². The third kappa shape index (κ3) is 2.56. The monoisotopic (exact) mass is 292 g/mol. The molecule has 0 aromatic carbocycles. The van der Waals surface area contributed by atoms with Crippen molar-refractivity contribution in [2.45, 2.75) is 38.0 Å². The molecule has 1 aliphatic rings. The van der Waals surface area contributed by atoms with Crippen LogP contribution in [0.25, 0.3) is 5.65 Å². The van der Waals surface area contributed by atoms with Gasteiger partial charge >= 0.3 is 0 Å².